The second kappa shape index (κ2) is 9.72. The number of fused-ring (bicyclic) bond motifs is 2. The number of benzene rings is 2. The lowest BCUT2D eigenvalue weighted by Crippen LogP contribution is -2.40. The molecule has 8 nitrogen and oxygen atoms in total. The highest BCUT2D eigenvalue weighted by Crippen LogP contribution is 2.29. The van der Waals surface area contributed by atoms with Crippen LogP contribution in [0, 0.1) is 6.92 Å². The number of aromatic nitrogens is 3. The van der Waals surface area contributed by atoms with Gasteiger partial charge in [0.1, 0.15) is 5.82 Å². The molecular formula is C28H30N6O2. The number of aryl methyl sites for hydroxylation is 1. The fourth-order valence-electron chi connectivity index (χ4n) is 5.11. The van der Waals surface area contributed by atoms with Crippen LogP contribution < -0.4 is 10.6 Å². The Hall–Kier alpha value is -3.75. The zero-order valence-corrected chi connectivity index (χ0v) is 20.5. The van der Waals surface area contributed by atoms with E-state index in [0.29, 0.717) is 44.4 Å². The topological polar surface area (TPSA) is 84.3 Å². The minimum atomic E-state index is 0.0451. The summed E-state index contributed by atoms with van der Waals surface area (Å²) in [6.07, 6.45) is 0.851. The summed E-state index contributed by atoms with van der Waals surface area (Å²) in [5, 5.41) is 7.93. The largest absolute Gasteiger partial charge is 0.378 e. The van der Waals surface area contributed by atoms with Gasteiger partial charge in [-0.05, 0) is 30.7 Å². The van der Waals surface area contributed by atoms with E-state index in [1.165, 1.54) is 5.56 Å². The third-order valence-corrected chi connectivity index (χ3v) is 6.98. The molecule has 0 bridgehead atoms. The molecule has 184 valence electrons. The number of nitrogens with one attached hydrogen (secondary N) is 2. The van der Waals surface area contributed by atoms with Crippen molar-refractivity contribution >= 4 is 22.6 Å². The van der Waals surface area contributed by atoms with Crippen LogP contribution in [-0.2, 0) is 24.2 Å². The van der Waals surface area contributed by atoms with Crippen LogP contribution in [0.3, 0.4) is 0 Å². The average molecular weight is 483 g/mol. The Labute approximate surface area is 210 Å². The minimum Gasteiger partial charge on any atom is -0.378 e. The maximum absolute atomic E-state index is 13.3. The van der Waals surface area contributed by atoms with E-state index >= 15 is 0 Å². The van der Waals surface area contributed by atoms with Crippen molar-refractivity contribution in [3.05, 3.63) is 82.7 Å². The second-order valence-corrected chi connectivity index (χ2v) is 9.33. The van der Waals surface area contributed by atoms with Gasteiger partial charge in [0.2, 0.25) is 5.95 Å². The van der Waals surface area contributed by atoms with E-state index in [1.807, 2.05) is 48.2 Å². The van der Waals surface area contributed by atoms with Crippen LogP contribution in [0.25, 0.3) is 16.9 Å². The van der Waals surface area contributed by atoms with Gasteiger partial charge in [-0.2, -0.15) is 4.98 Å². The van der Waals surface area contributed by atoms with E-state index in [-0.39, 0.29) is 5.91 Å². The Kier molecular flexibility index (Phi) is 6.13. The number of nitrogens with zero attached hydrogens (tertiary/aromatic N) is 4. The molecule has 0 saturated carbocycles. The van der Waals surface area contributed by atoms with Gasteiger partial charge in [0.15, 0.2) is 0 Å². The number of anilines is 1. The summed E-state index contributed by atoms with van der Waals surface area (Å²) in [4.78, 5) is 25.2. The molecular weight excluding hydrogens is 452 g/mol. The molecule has 4 aromatic rings. The standard InChI is InChI=1S/C28H30N6O2/c1-19-16-22-21(27(35)33-12-14-36-15-13-33)8-5-9-25(22)34(19)28-31-24-10-11-29-18-23(24)26(32-28)30-17-20-6-3-2-4-7-20/h2-9,16,29H,10-15,17-18H2,1H3,(H,30,31,32). The highest BCUT2D eigenvalue weighted by molar-refractivity contribution is 6.07. The number of ether oxygens (including phenoxy) is 1. The minimum absolute atomic E-state index is 0.0451. The molecule has 6 rings (SSSR count). The van der Waals surface area contributed by atoms with Crippen LogP contribution in [0.2, 0.25) is 0 Å². The maximum atomic E-state index is 13.3. The molecule has 2 aromatic heterocycles. The van der Waals surface area contributed by atoms with Crippen LogP contribution in [0.15, 0.2) is 54.6 Å². The quantitative estimate of drug-likeness (QED) is 0.453. The predicted molar refractivity (Wildman–Crippen MR) is 140 cm³/mol. The normalized spacial score (nSPS) is 15.6. The van der Waals surface area contributed by atoms with Crippen molar-refractivity contribution in [1.82, 2.24) is 24.8 Å². The molecule has 0 unspecified atom stereocenters. The third-order valence-electron chi connectivity index (χ3n) is 6.98. The molecule has 0 atom stereocenters. The number of hydrogen-bond donors (Lipinski definition) is 2. The van der Waals surface area contributed by atoms with Gasteiger partial charge in [-0.1, -0.05) is 36.4 Å². The van der Waals surface area contributed by atoms with Crippen molar-refractivity contribution < 1.29 is 9.53 Å². The zero-order valence-electron chi connectivity index (χ0n) is 20.5. The Bertz CT molecular complexity index is 1410. The summed E-state index contributed by atoms with van der Waals surface area (Å²) in [5.41, 5.74) is 6.03. The van der Waals surface area contributed by atoms with Crippen molar-refractivity contribution in [3.63, 3.8) is 0 Å². The summed E-state index contributed by atoms with van der Waals surface area (Å²) in [6, 6.07) is 18.3. The lowest BCUT2D eigenvalue weighted by molar-refractivity contribution is 0.0304. The van der Waals surface area contributed by atoms with Crippen molar-refractivity contribution in [1.29, 1.82) is 0 Å². The van der Waals surface area contributed by atoms with Crippen molar-refractivity contribution in [2.24, 2.45) is 0 Å². The van der Waals surface area contributed by atoms with Crippen LogP contribution in [0.4, 0.5) is 5.82 Å². The molecule has 1 fully saturated rings. The van der Waals surface area contributed by atoms with Gasteiger partial charge in [0.05, 0.1) is 24.4 Å². The molecule has 8 heteroatoms. The first kappa shape index (κ1) is 22.7. The highest BCUT2D eigenvalue weighted by Gasteiger charge is 2.24. The van der Waals surface area contributed by atoms with Crippen molar-refractivity contribution in [2.45, 2.75) is 26.4 Å². The third kappa shape index (κ3) is 4.23. The molecule has 2 aromatic carbocycles. The van der Waals surface area contributed by atoms with E-state index in [9.17, 15) is 4.79 Å². The fraction of sp³-hybridized carbons (Fsp3) is 0.321. The van der Waals surface area contributed by atoms with Crippen LogP contribution in [-0.4, -0.2) is 58.2 Å². The second-order valence-electron chi connectivity index (χ2n) is 9.33. The van der Waals surface area contributed by atoms with Crippen LogP contribution >= 0.6 is 0 Å². The lowest BCUT2D eigenvalue weighted by Gasteiger charge is -2.27. The summed E-state index contributed by atoms with van der Waals surface area (Å²) < 4.78 is 7.50. The molecule has 4 heterocycles. The SMILES string of the molecule is Cc1cc2c(C(=O)N3CCOCC3)cccc2n1-c1nc2c(c(NCc3ccccc3)n1)CNCC2. The number of amides is 1. The van der Waals surface area contributed by atoms with Crippen molar-refractivity contribution in [2.75, 3.05) is 38.2 Å². The van der Waals surface area contributed by atoms with Crippen LogP contribution in [0.1, 0.15) is 32.9 Å². The molecule has 1 saturated heterocycles. The number of hydrogen-bond acceptors (Lipinski definition) is 6. The summed E-state index contributed by atoms with van der Waals surface area (Å²) in [5.74, 6) is 1.53. The molecule has 0 aliphatic carbocycles. The van der Waals surface area contributed by atoms with E-state index < -0.39 is 0 Å². The fourth-order valence-corrected chi connectivity index (χ4v) is 5.11. The van der Waals surface area contributed by atoms with Gasteiger partial charge < -0.3 is 20.3 Å². The number of carbonyl (C=O) groups excluding carboxylic acids is 1. The molecule has 2 aliphatic rings. The number of carbonyl (C=O) groups is 1. The molecule has 1 amide bonds. The molecule has 36 heavy (non-hydrogen) atoms. The first-order valence-corrected chi connectivity index (χ1v) is 12.6. The smallest absolute Gasteiger partial charge is 0.254 e. The molecule has 2 N–H and O–H groups in total. The highest BCUT2D eigenvalue weighted by atomic mass is 16.5. The number of morpholine rings is 1. The summed E-state index contributed by atoms with van der Waals surface area (Å²) in [7, 11) is 0. The van der Waals surface area contributed by atoms with Gasteiger partial charge in [-0.25, -0.2) is 4.98 Å². The molecule has 0 radical (unpaired) electrons. The summed E-state index contributed by atoms with van der Waals surface area (Å²) in [6.45, 7) is 6.77. The average Bonchev–Trinajstić information content (AvgIpc) is 3.28. The van der Waals surface area contributed by atoms with Crippen LogP contribution in [0.5, 0.6) is 0 Å². The lowest BCUT2D eigenvalue weighted by atomic mass is 10.1. The Balaban J connectivity index is 1.41. The first-order valence-electron chi connectivity index (χ1n) is 12.6. The maximum Gasteiger partial charge on any atom is 0.254 e. The Morgan fingerprint density at radius 2 is 1.92 bits per heavy atom. The van der Waals surface area contributed by atoms with Gasteiger partial charge in [-0.3, -0.25) is 9.36 Å². The zero-order chi connectivity index (χ0) is 24.5. The van der Waals surface area contributed by atoms with E-state index in [1.54, 1.807) is 0 Å². The Morgan fingerprint density at radius 1 is 1.08 bits per heavy atom. The number of rotatable bonds is 5. The van der Waals surface area contributed by atoms with Gasteiger partial charge in [-0.15, -0.1) is 0 Å². The predicted octanol–water partition coefficient (Wildman–Crippen LogP) is 3.46. The first-order chi connectivity index (χ1) is 17.7. The van der Waals surface area contributed by atoms with E-state index in [4.69, 9.17) is 14.7 Å². The summed E-state index contributed by atoms with van der Waals surface area (Å²) >= 11 is 0. The monoisotopic (exact) mass is 482 g/mol. The van der Waals surface area contributed by atoms with Crippen molar-refractivity contribution in [3.8, 4) is 5.95 Å². The molecule has 0 spiro atoms. The van der Waals surface area contributed by atoms with E-state index in [0.717, 1.165) is 53.2 Å². The van der Waals surface area contributed by atoms with Gasteiger partial charge >= 0.3 is 0 Å². The van der Waals surface area contributed by atoms with E-state index in [2.05, 4.69) is 33.4 Å². The van der Waals surface area contributed by atoms with Gasteiger partial charge in [0.25, 0.3) is 5.91 Å². The van der Waals surface area contributed by atoms with Gasteiger partial charge in [0, 0.05) is 61.4 Å². The Morgan fingerprint density at radius 3 is 2.75 bits per heavy atom. The molecule has 2 aliphatic heterocycles.